The van der Waals surface area contributed by atoms with E-state index in [9.17, 15) is 14.4 Å². The quantitative estimate of drug-likeness (QED) is 0.128. The molecule has 0 radical (unpaired) electrons. The number of nitrogens with zero attached hydrogens (tertiary/aromatic N) is 1. The second kappa shape index (κ2) is 21.1. The number of carbonyl (C=O) groups is 3. The van der Waals surface area contributed by atoms with Crippen LogP contribution in [-0.2, 0) is 19.1 Å². The van der Waals surface area contributed by atoms with Crippen LogP contribution < -0.4 is 5.73 Å². The highest BCUT2D eigenvalue weighted by Crippen LogP contribution is 2.06. The van der Waals surface area contributed by atoms with Gasteiger partial charge < -0.3 is 30.9 Å². The van der Waals surface area contributed by atoms with E-state index < -0.39 is 23.9 Å². The number of carboxylic acid groups (broad SMARTS) is 1. The molecule has 0 aromatic carbocycles. The number of rotatable bonds is 16. The molecule has 172 valence electrons. The lowest BCUT2D eigenvalue weighted by Crippen LogP contribution is -2.34. The molecule has 29 heavy (non-hydrogen) atoms. The number of hydrogen-bond acceptors (Lipinski definition) is 9. The summed E-state index contributed by atoms with van der Waals surface area (Å²) in [6.07, 6.45) is 4.89. The largest absolute Gasteiger partial charge is 0.481 e. The molecular weight excluding hydrogens is 384 g/mol. The first kappa shape index (κ1) is 29.6. The minimum atomic E-state index is -1.06. The number of hydrogen-bond donors (Lipinski definition) is 5. The van der Waals surface area contributed by atoms with Crippen molar-refractivity contribution in [2.45, 2.75) is 64.3 Å². The van der Waals surface area contributed by atoms with E-state index in [0.717, 1.165) is 25.7 Å². The van der Waals surface area contributed by atoms with Crippen LogP contribution in [0.25, 0.3) is 0 Å². The summed E-state index contributed by atoms with van der Waals surface area (Å²) in [5, 5.41) is 33.9. The predicted octanol–water partition coefficient (Wildman–Crippen LogP) is -0.126. The summed E-state index contributed by atoms with van der Waals surface area (Å²) < 4.78 is 4.56. The number of nitrogens with two attached hydrogens (primary N) is 1. The fourth-order valence-electron chi connectivity index (χ4n) is 2.27. The average molecular weight is 423 g/mol. The number of esters is 2. The summed E-state index contributed by atoms with van der Waals surface area (Å²) in [6.45, 7) is 3.86. The standard InChI is InChI=1S/C13H23NO5.C6H15NO3/c1-2-3-4-5-6-7-12(17)19-13(18)10(14)8-9-11(15)16;8-4-1-7(2-5-9)3-6-10/h10H,2-9,14H2,1H3,(H,15,16);8-10H,1-6H2/t10-;/m0./s1. The molecule has 0 saturated heterocycles. The Labute approximate surface area is 172 Å². The summed E-state index contributed by atoms with van der Waals surface area (Å²) in [5.74, 6) is -2.47. The molecule has 0 unspecified atom stereocenters. The second-order valence-corrected chi connectivity index (χ2v) is 6.51. The van der Waals surface area contributed by atoms with Gasteiger partial charge in [-0.15, -0.1) is 0 Å². The maximum absolute atomic E-state index is 11.3. The van der Waals surface area contributed by atoms with Crippen molar-refractivity contribution in [2.24, 2.45) is 5.73 Å². The lowest BCUT2D eigenvalue weighted by atomic mass is 10.1. The summed E-state index contributed by atoms with van der Waals surface area (Å²) in [6, 6.07) is -1.06. The normalized spacial score (nSPS) is 11.5. The molecule has 0 aromatic rings. The molecule has 0 aromatic heterocycles. The monoisotopic (exact) mass is 422 g/mol. The van der Waals surface area contributed by atoms with Crippen molar-refractivity contribution in [3.8, 4) is 0 Å². The van der Waals surface area contributed by atoms with Crippen LogP contribution in [-0.4, -0.2) is 88.7 Å². The van der Waals surface area contributed by atoms with E-state index in [1.807, 2.05) is 0 Å². The first-order valence-electron chi connectivity index (χ1n) is 10.1. The molecule has 1 atom stereocenters. The lowest BCUT2D eigenvalue weighted by molar-refractivity contribution is -0.160. The topological polar surface area (TPSA) is 171 Å². The highest BCUT2D eigenvalue weighted by atomic mass is 16.6. The first-order valence-corrected chi connectivity index (χ1v) is 10.1. The van der Waals surface area contributed by atoms with Gasteiger partial charge in [0, 0.05) is 32.5 Å². The van der Waals surface area contributed by atoms with Crippen LogP contribution in [0, 0.1) is 0 Å². The van der Waals surface area contributed by atoms with Crippen LogP contribution in [0.5, 0.6) is 0 Å². The number of unbranched alkanes of at least 4 members (excludes halogenated alkanes) is 4. The van der Waals surface area contributed by atoms with Gasteiger partial charge in [0.25, 0.3) is 0 Å². The number of ether oxygens (including phenoxy) is 1. The van der Waals surface area contributed by atoms with Crippen LogP contribution in [0.1, 0.15) is 58.3 Å². The number of carboxylic acids is 1. The molecule has 6 N–H and O–H groups in total. The average Bonchev–Trinajstić information content (AvgIpc) is 2.67. The molecule has 0 bridgehead atoms. The fraction of sp³-hybridized carbons (Fsp3) is 0.842. The molecule has 0 rings (SSSR count). The lowest BCUT2D eigenvalue weighted by Gasteiger charge is -2.17. The number of carbonyl (C=O) groups excluding carboxylic acids is 2. The molecule has 0 saturated carbocycles. The van der Waals surface area contributed by atoms with Crippen molar-refractivity contribution in [1.82, 2.24) is 4.90 Å². The molecule has 0 fully saturated rings. The molecule has 0 amide bonds. The molecule has 0 aliphatic carbocycles. The minimum absolute atomic E-state index is 0.0298. The fourth-order valence-corrected chi connectivity index (χ4v) is 2.27. The van der Waals surface area contributed by atoms with E-state index in [1.54, 1.807) is 4.90 Å². The molecule has 0 aliphatic heterocycles. The maximum atomic E-state index is 11.3. The highest BCUT2D eigenvalue weighted by molar-refractivity contribution is 5.88. The van der Waals surface area contributed by atoms with Gasteiger partial charge in [-0.25, -0.2) is 4.79 Å². The maximum Gasteiger partial charge on any atom is 0.330 e. The number of aliphatic hydroxyl groups is 3. The van der Waals surface area contributed by atoms with Gasteiger partial charge in [0.2, 0.25) is 0 Å². The van der Waals surface area contributed by atoms with E-state index in [4.69, 9.17) is 26.2 Å². The van der Waals surface area contributed by atoms with E-state index in [0.29, 0.717) is 26.1 Å². The second-order valence-electron chi connectivity index (χ2n) is 6.51. The first-order chi connectivity index (χ1) is 13.8. The van der Waals surface area contributed by atoms with Crippen molar-refractivity contribution < 1.29 is 39.5 Å². The Hall–Kier alpha value is -1.59. The van der Waals surface area contributed by atoms with Gasteiger partial charge in [-0.1, -0.05) is 32.6 Å². The molecule has 10 nitrogen and oxygen atoms in total. The van der Waals surface area contributed by atoms with Crippen LogP contribution in [0.2, 0.25) is 0 Å². The summed E-state index contributed by atoms with van der Waals surface area (Å²) in [5.41, 5.74) is 5.42. The third kappa shape index (κ3) is 20.9. The Morgan fingerprint density at radius 2 is 1.41 bits per heavy atom. The van der Waals surface area contributed by atoms with E-state index in [1.165, 1.54) is 0 Å². The zero-order valence-electron chi connectivity index (χ0n) is 17.4. The van der Waals surface area contributed by atoms with Crippen LogP contribution in [0.15, 0.2) is 0 Å². The van der Waals surface area contributed by atoms with E-state index in [2.05, 4.69) is 11.7 Å². The van der Waals surface area contributed by atoms with Gasteiger partial charge in [-0.05, 0) is 12.8 Å². The molecule has 0 spiro atoms. The van der Waals surface area contributed by atoms with Gasteiger partial charge in [-0.3, -0.25) is 14.5 Å². The smallest absolute Gasteiger partial charge is 0.330 e. The molecule has 0 aliphatic rings. The van der Waals surface area contributed by atoms with Gasteiger partial charge in [0.1, 0.15) is 6.04 Å². The molecule has 0 heterocycles. The Bertz CT molecular complexity index is 420. The van der Waals surface area contributed by atoms with Crippen LogP contribution in [0.3, 0.4) is 0 Å². The predicted molar refractivity (Wildman–Crippen MR) is 107 cm³/mol. The van der Waals surface area contributed by atoms with Crippen LogP contribution >= 0.6 is 0 Å². The van der Waals surface area contributed by atoms with Crippen molar-refractivity contribution >= 4 is 17.9 Å². The van der Waals surface area contributed by atoms with E-state index in [-0.39, 0.29) is 39.1 Å². The minimum Gasteiger partial charge on any atom is -0.481 e. The zero-order chi connectivity index (χ0) is 22.5. The SMILES string of the molecule is CCCCCCCC(=O)OC(=O)[C@@H](N)CCC(=O)O.OCCN(CCO)CCO. The van der Waals surface area contributed by atoms with Crippen LogP contribution in [0.4, 0.5) is 0 Å². The zero-order valence-corrected chi connectivity index (χ0v) is 17.4. The third-order valence-corrected chi connectivity index (χ3v) is 3.92. The number of aliphatic carboxylic acids is 1. The van der Waals surface area contributed by atoms with Gasteiger partial charge in [0.05, 0.1) is 19.8 Å². The Balaban J connectivity index is 0. The molecular formula is C19H38N2O8. The third-order valence-electron chi connectivity index (χ3n) is 3.92. The Morgan fingerprint density at radius 3 is 1.86 bits per heavy atom. The van der Waals surface area contributed by atoms with Gasteiger partial charge >= 0.3 is 17.9 Å². The van der Waals surface area contributed by atoms with E-state index >= 15 is 0 Å². The number of aliphatic hydroxyl groups excluding tert-OH is 3. The Kier molecular flexibility index (Phi) is 21.6. The molecule has 10 heteroatoms. The van der Waals surface area contributed by atoms with Crippen molar-refractivity contribution in [3.63, 3.8) is 0 Å². The summed E-state index contributed by atoms with van der Waals surface area (Å²) in [4.78, 5) is 34.7. The highest BCUT2D eigenvalue weighted by Gasteiger charge is 2.19. The van der Waals surface area contributed by atoms with Crippen molar-refractivity contribution in [1.29, 1.82) is 0 Å². The Morgan fingerprint density at radius 1 is 0.897 bits per heavy atom. The van der Waals surface area contributed by atoms with Crippen molar-refractivity contribution in [3.05, 3.63) is 0 Å². The van der Waals surface area contributed by atoms with Gasteiger partial charge in [-0.2, -0.15) is 0 Å². The summed E-state index contributed by atoms with van der Waals surface area (Å²) >= 11 is 0. The van der Waals surface area contributed by atoms with Gasteiger partial charge in [0.15, 0.2) is 0 Å². The van der Waals surface area contributed by atoms with Crippen molar-refractivity contribution in [2.75, 3.05) is 39.5 Å². The summed E-state index contributed by atoms with van der Waals surface area (Å²) in [7, 11) is 0.